The van der Waals surface area contributed by atoms with E-state index in [1.165, 1.54) is 18.8 Å². The first-order chi connectivity index (χ1) is 18.6. The van der Waals surface area contributed by atoms with Crippen molar-refractivity contribution in [1.82, 2.24) is 0 Å². The van der Waals surface area contributed by atoms with E-state index in [2.05, 4.69) is 19.6 Å². The highest BCUT2D eigenvalue weighted by atomic mass is 16.6. The molecule has 3 aliphatic heterocycles. The zero-order chi connectivity index (χ0) is 28.4. The number of methoxy groups -OCH3 is 1. The molecule has 3 rings (SSSR count). The van der Waals surface area contributed by atoms with Crippen LogP contribution >= 0.6 is 0 Å². The Balaban J connectivity index is 1.78. The Kier molecular flexibility index (Phi) is 12.6. The van der Waals surface area contributed by atoms with Crippen LogP contribution in [0.2, 0.25) is 0 Å². The average Bonchev–Trinajstić information content (AvgIpc) is 2.88. The van der Waals surface area contributed by atoms with E-state index in [9.17, 15) is 20.1 Å². The third-order valence-electron chi connectivity index (χ3n) is 7.52. The van der Waals surface area contributed by atoms with Crippen molar-refractivity contribution in [1.29, 1.82) is 0 Å². The van der Waals surface area contributed by atoms with Crippen LogP contribution in [-0.2, 0) is 23.7 Å². The second-order valence-corrected chi connectivity index (χ2v) is 11.1. The van der Waals surface area contributed by atoms with Crippen molar-refractivity contribution in [2.24, 2.45) is 5.92 Å². The molecule has 9 unspecified atom stereocenters. The highest BCUT2D eigenvalue weighted by molar-refractivity contribution is 5.82. The van der Waals surface area contributed by atoms with Gasteiger partial charge in [-0.3, -0.25) is 0 Å². The predicted octanol–water partition coefficient (Wildman–Crippen LogP) is 3.71. The van der Waals surface area contributed by atoms with Crippen LogP contribution in [0.4, 0.5) is 0 Å². The zero-order valence-corrected chi connectivity index (χ0v) is 23.5. The van der Waals surface area contributed by atoms with Crippen molar-refractivity contribution >= 4 is 5.97 Å². The van der Waals surface area contributed by atoms with Crippen LogP contribution < -0.4 is 0 Å². The largest absolute Gasteiger partial charge is 0.456 e. The molecule has 0 saturated heterocycles. The monoisotopic (exact) mass is 546 g/mol. The highest BCUT2D eigenvalue weighted by Gasteiger charge is 2.33. The maximum Gasteiger partial charge on any atom is 0.330 e. The van der Waals surface area contributed by atoms with E-state index >= 15 is 0 Å². The SMILES string of the molecule is C=C1CC(C)CC2CC=CC(C/C=C\C(=O)OC(C(O)/C=C/C3CC(C)=CCO3)CC(OC)C(O)C(O)C1)O2. The molecule has 0 aromatic heterocycles. The van der Waals surface area contributed by atoms with Gasteiger partial charge in [0.1, 0.15) is 18.3 Å². The van der Waals surface area contributed by atoms with Crippen LogP contribution in [-0.4, -0.2) is 83.8 Å². The van der Waals surface area contributed by atoms with E-state index in [1.54, 1.807) is 18.2 Å². The second-order valence-electron chi connectivity index (χ2n) is 11.1. The Hall–Kier alpha value is -2.07. The number of hydrogen-bond donors (Lipinski definition) is 3. The van der Waals surface area contributed by atoms with E-state index in [1.807, 2.05) is 19.1 Å². The molecule has 0 amide bonds. The summed E-state index contributed by atoms with van der Waals surface area (Å²) in [5.41, 5.74) is 2.03. The normalized spacial score (nSPS) is 37.4. The number of aliphatic hydroxyl groups excluding tert-OH is 3. The van der Waals surface area contributed by atoms with Gasteiger partial charge in [-0.15, -0.1) is 0 Å². The average molecular weight is 547 g/mol. The zero-order valence-electron chi connectivity index (χ0n) is 23.5. The van der Waals surface area contributed by atoms with Crippen LogP contribution in [0.5, 0.6) is 0 Å². The fourth-order valence-electron chi connectivity index (χ4n) is 5.40. The van der Waals surface area contributed by atoms with Crippen LogP contribution in [0.1, 0.15) is 58.8 Å². The summed E-state index contributed by atoms with van der Waals surface area (Å²) < 4.78 is 23.0. The second kappa shape index (κ2) is 15.6. The van der Waals surface area contributed by atoms with Crippen LogP contribution in [0.15, 0.2) is 60.3 Å². The lowest BCUT2D eigenvalue weighted by Crippen LogP contribution is -2.43. The number of rotatable bonds is 4. The molecule has 8 nitrogen and oxygen atoms in total. The number of carbonyl (C=O) groups excluding carboxylic acids is 1. The van der Waals surface area contributed by atoms with Gasteiger partial charge in [-0.05, 0) is 51.4 Å². The van der Waals surface area contributed by atoms with Crippen LogP contribution in [0, 0.1) is 5.92 Å². The molecule has 0 aromatic rings. The first-order valence-electron chi connectivity index (χ1n) is 14.0. The summed E-state index contributed by atoms with van der Waals surface area (Å²) in [6.45, 7) is 8.79. The fraction of sp³-hybridized carbons (Fsp3) is 0.645. The highest BCUT2D eigenvalue weighted by Crippen LogP contribution is 2.27. The van der Waals surface area contributed by atoms with Crippen molar-refractivity contribution in [2.75, 3.05) is 13.7 Å². The number of hydrogen-bond acceptors (Lipinski definition) is 8. The van der Waals surface area contributed by atoms with Crippen molar-refractivity contribution in [3.8, 4) is 0 Å². The minimum atomic E-state index is -1.27. The summed E-state index contributed by atoms with van der Waals surface area (Å²) in [7, 11) is 1.42. The van der Waals surface area contributed by atoms with Gasteiger partial charge in [0.05, 0.1) is 37.1 Å². The molecule has 0 aliphatic carbocycles. The molecule has 9 atom stereocenters. The van der Waals surface area contributed by atoms with Gasteiger partial charge < -0.3 is 34.3 Å². The Labute approximate surface area is 232 Å². The van der Waals surface area contributed by atoms with Gasteiger partial charge in [-0.2, -0.15) is 0 Å². The number of carbonyl (C=O) groups is 1. The van der Waals surface area contributed by atoms with Gasteiger partial charge in [-0.25, -0.2) is 4.79 Å². The summed E-state index contributed by atoms with van der Waals surface area (Å²) in [5.74, 6) is -0.329. The number of cyclic esters (lactones) is 1. The Bertz CT molecular complexity index is 922. The van der Waals surface area contributed by atoms with E-state index in [-0.39, 0.29) is 31.2 Å². The minimum Gasteiger partial charge on any atom is -0.456 e. The maximum absolute atomic E-state index is 12.7. The minimum absolute atomic E-state index is 0.0245. The van der Waals surface area contributed by atoms with Crippen LogP contribution in [0.3, 0.4) is 0 Å². The number of esters is 1. The summed E-state index contributed by atoms with van der Waals surface area (Å²) in [5, 5.41) is 32.7. The molecule has 0 fully saturated rings. The van der Waals surface area contributed by atoms with E-state index < -0.39 is 36.5 Å². The van der Waals surface area contributed by atoms with Crippen molar-refractivity contribution < 1.29 is 39.1 Å². The van der Waals surface area contributed by atoms with E-state index in [4.69, 9.17) is 18.9 Å². The molecule has 3 aliphatic rings. The molecule has 8 heteroatoms. The molecule has 0 saturated carbocycles. The molecule has 0 spiro atoms. The lowest BCUT2D eigenvalue weighted by Gasteiger charge is -2.31. The molecular weight excluding hydrogens is 500 g/mol. The Morgan fingerprint density at radius 1 is 1.15 bits per heavy atom. The van der Waals surface area contributed by atoms with E-state index in [0.29, 0.717) is 31.8 Å². The van der Waals surface area contributed by atoms with Gasteiger partial charge in [-0.1, -0.05) is 61.1 Å². The lowest BCUT2D eigenvalue weighted by atomic mass is 9.89. The first kappa shape index (κ1) is 31.5. The van der Waals surface area contributed by atoms with Gasteiger partial charge in [0.2, 0.25) is 0 Å². The summed E-state index contributed by atoms with van der Waals surface area (Å²) >= 11 is 0. The number of ether oxygens (including phenoxy) is 4. The third kappa shape index (κ3) is 10.4. The number of fused-ring (bicyclic) bond motifs is 2. The van der Waals surface area contributed by atoms with Gasteiger partial charge in [0.25, 0.3) is 0 Å². The third-order valence-corrected chi connectivity index (χ3v) is 7.52. The summed E-state index contributed by atoms with van der Waals surface area (Å²) in [4.78, 5) is 12.7. The van der Waals surface area contributed by atoms with Crippen molar-refractivity contribution in [3.63, 3.8) is 0 Å². The fourth-order valence-corrected chi connectivity index (χ4v) is 5.40. The molecule has 3 heterocycles. The Morgan fingerprint density at radius 2 is 1.95 bits per heavy atom. The Morgan fingerprint density at radius 3 is 2.69 bits per heavy atom. The van der Waals surface area contributed by atoms with Crippen molar-refractivity contribution in [2.45, 2.75) is 108 Å². The molecule has 0 radical (unpaired) electrons. The van der Waals surface area contributed by atoms with Gasteiger partial charge in [0.15, 0.2) is 0 Å². The summed E-state index contributed by atoms with van der Waals surface area (Å²) in [6, 6.07) is 0. The summed E-state index contributed by atoms with van der Waals surface area (Å²) in [6.07, 6.45) is 10.6. The van der Waals surface area contributed by atoms with Crippen LogP contribution in [0.25, 0.3) is 0 Å². The first-order valence-corrected chi connectivity index (χ1v) is 14.0. The lowest BCUT2D eigenvalue weighted by molar-refractivity contribution is -0.153. The quantitative estimate of drug-likeness (QED) is 0.361. The molecule has 2 bridgehead atoms. The number of aliphatic hydroxyl groups is 3. The molecule has 39 heavy (non-hydrogen) atoms. The topological polar surface area (TPSA) is 115 Å². The molecule has 0 aromatic carbocycles. The molecule has 3 N–H and O–H groups in total. The van der Waals surface area contributed by atoms with Gasteiger partial charge in [0, 0.05) is 19.6 Å². The predicted molar refractivity (Wildman–Crippen MR) is 149 cm³/mol. The van der Waals surface area contributed by atoms with E-state index in [0.717, 1.165) is 18.4 Å². The smallest absolute Gasteiger partial charge is 0.330 e. The molecular formula is C31H46O8. The molecule has 218 valence electrons. The standard InChI is InChI=1S/C31H46O8/c1-20-13-14-37-24(16-20)11-12-26(32)28-19-29(36-4)31(35)27(33)18-22(3)15-21(2)17-25-9-5-7-23(38-25)8-6-10-30(34)39-28/h5-7,10-13,21,23-29,31-33,35H,3,8-9,14-19H2,1-2,4H3/b10-6-,12-11+. The maximum atomic E-state index is 12.7. The van der Waals surface area contributed by atoms with Crippen molar-refractivity contribution in [3.05, 3.63) is 60.3 Å². The van der Waals surface area contributed by atoms with Gasteiger partial charge >= 0.3 is 5.97 Å².